The van der Waals surface area contributed by atoms with Crippen LogP contribution in [0, 0.1) is 11.7 Å². The molecule has 174 valence electrons. The lowest BCUT2D eigenvalue weighted by Gasteiger charge is -2.28. The summed E-state index contributed by atoms with van der Waals surface area (Å²) in [5.41, 5.74) is 2.19. The van der Waals surface area contributed by atoms with Gasteiger partial charge in [-0.05, 0) is 67.3 Å². The van der Waals surface area contributed by atoms with Gasteiger partial charge >= 0.3 is 0 Å². The van der Waals surface area contributed by atoms with Crippen LogP contribution in [0.5, 0.6) is 0 Å². The molecule has 0 heterocycles. The summed E-state index contributed by atoms with van der Waals surface area (Å²) in [6, 6.07) is 14.5. The van der Waals surface area contributed by atoms with Gasteiger partial charge in [0.15, 0.2) is 0 Å². The molecule has 0 spiro atoms. The van der Waals surface area contributed by atoms with Gasteiger partial charge in [-0.2, -0.15) is 0 Å². The number of carbonyl (C=O) groups excluding carboxylic acids is 1. The maximum Gasteiger partial charge on any atom is 0.258 e. The highest BCUT2D eigenvalue weighted by atomic mass is 28.3. The monoisotopic (exact) mass is 453 g/mol. The van der Waals surface area contributed by atoms with Crippen molar-refractivity contribution in [1.82, 2.24) is 0 Å². The van der Waals surface area contributed by atoms with Crippen molar-refractivity contribution < 1.29 is 9.18 Å². The molecule has 0 unspecified atom stereocenters. The molecule has 1 aliphatic carbocycles. The second-order valence-electron chi connectivity index (χ2n) is 10.3. The Morgan fingerprint density at radius 2 is 1.69 bits per heavy atom. The van der Waals surface area contributed by atoms with E-state index in [1.165, 1.54) is 50.5 Å². The molecule has 0 aromatic heterocycles. The molecule has 1 saturated carbocycles. The molecule has 3 rings (SSSR count). The average Bonchev–Trinajstić information content (AvgIpc) is 2.79. The highest BCUT2D eigenvalue weighted by Crippen LogP contribution is 2.37. The molecule has 1 aliphatic rings. The Hall–Kier alpha value is -1.94. The minimum atomic E-state index is -1.67. The smallest absolute Gasteiger partial charge is 0.258 e. The molecule has 0 bridgehead atoms. The third-order valence-corrected chi connectivity index (χ3v) is 10.8. The quantitative estimate of drug-likeness (QED) is 0.385. The number of rotatable bonds is 9. The zero-order chi connectivity index (χ0) is 23.1. The lowest BCUT2D eigenvalue weighted by atomic mass is 9.77. The number of benzene rings is 2. The second kappa shape index (κ2) is 11.3. The molecular weight excluding hydrogens is 413 g/mol. The van der Waals surface area contributed by atoms with Crippen LogP contribution in [0.25, 0.3) is 0 Å². The molecule has 0 atom stereocenters. The van der Waals surface area contributed by atoms with E-state index in [0.29, 0.717) is 5.92 Å². The first kappa shape index (κ1) is 24.7. The molecular formula is C28H40FNOSi. The van der Waals surface area contributed by atoms with Crippen molar-refractivity contribution in [2.45, 2.75) is 90.3 Å². The van der Waals surface area contributed by atoms with Crippen LogP contribution in [0.15, 0.2) is 42.5 Å². The summed E-state index contributed by atoms with van der Waals surface area (Å²) in [4.78, 5) is 12.7. The van der Waals surface area contributed by atoms with E-state index in [1.54, 1.807) is 12.1 Å². The largest absolute Gasteiger partial charge is 0.322 e. The maximum absolute atomic E-state index is 14.8. The van der Waals surface area contributed by atoms with E-state index in [2.05, 4.69) is 44.4 Å². The van der Waals surface area contributed by atoms with Crippen molar-refractivity contribution in [2.24, 2.45) is 5.92 Å². The number of halogens is 1. The van der Waals surface area contributed by atoms with Gasteiger partial charge in [0.25, 0.3) is 5.91 Å². The normalized spacial score (nSPS) is 19.0. The SMILES string of the molecule is CCCC[Si](C)(C)c1ccc(C(=O)Nc2ccc(C3CCC(CCC)CC3)cc2)c(F)c1. The number of hydrogen-bond acceptors (Lipinski definition) is 1. The molecule has 2 aromatic carbocycles. The number of anilines is 1. The van der Waals surface area contributed by atoms with E-state index in [-0.39, 0.29) is 11.5 Å². The topological polar surface area (TPSA) is 29.1 Å². The van der Waals surface area contributed by atoms with E-state index in [9.17, 15) is 9.18 Å². The van der Waals surface area contributed by atoms with E-state index in [4.69, 9.17) is 0 Å². The Morgan fingerprint density at radius 3 is 2.28 bits per heavy atom. The van der Waals surface area contributed by atoms with Gasteiger partial charge in [-0.1, -0.05) is 82.1 Å². The first-order chi connectivity index (χ1) is 15.3. The number of unbranched alkanes of at least 4 members (excludes halogenated alkanes) is 1. The van der Waals surface area contributed by atoms with Gasteiger partial charge < -0.3 is 5.32 Å². The van der Waals surface area contributed by atoms with E-state index in [0.717, 1.165) is 29.3 Å². The van der Waals surface area contributed by atoms with Crippen molar-refractivity contribution in [3.8, 4) is 0 Å². The Morgan fingerprint density at radius 1 is 1.00 bits per heavy atom. The molecule has 0 radical (unpaired) electrons. The number of carbonyl (C=O) groups is 1. The summed E-state index contributed by atoms with van der Waals surface area (Å²) >= 11 is 0. The van der Waals surface area contributed by atoms with Crippen molar-refractivity contribution >= 4 is 24.9 Å². The van der Waals surface area contributed by atoms with E-state index >= 15 is 0 Å². The van der Waals surface area contributed by atoms with Crippen LogP contribution in [0.4, 0.5) is 10.1 Å². The molecule has 1 N–H and O–H groups in total. The molecule has 0 saturated heterocycles. The fraction of sp³-hybridized carbons (Fsp3) is 0.536. The van der Waals surface area contributed by atoms with E-state index < -0.39 is 13.9 Å². The lowest BCUT2D eigenvalue weighted by Crippen LogP contribution is -2.41. The summed E-state index contributed by atoms with van der Waals surface area (Å²) < 4.78 is 14.8. The van der Waals surface area contributed by atoms with Crippen molar-refractivity contribution in [3.05, 3.63) is 59.4 Å². The molecule has 4 heteroatoms. The zero-order valence-corrected chi connectivity index (χ0v) is 21.3. The van der Waals surface area contributed by atoms with Crippen LogP contribution < -0.4 is 10.5 Å². The number of hydrogen-bond donors (Lipinski definition) is 1. The fourth-order valence-corrected chi connectivity index (χ4v) is 7.69. The Kier molecular flexibility index (Phi) is 8.69. The zero-order valence-electron chi connectivity index (χ0n) is 20.3. The number of nitrogens with one attached hydrogen (secondary N) is 1. The lowest BCUT2D eigenvalue weighted by molar-refractivity contribution is 0.102. The minimum Gasteiger partial charge on any atom is -0.322 e. The Bertz CT molecular complexity index is 885. The maximum atomic E-state index is 14.8. The van der Waals surface area contributed by atoms with Crippen LogP contribution in [-0.4, -0.2) is 14.0 Å². The summed E-state index contributed by atoms with van der Waals surface area (Å²) in [6.07, 6.45) is 10.1. The molecule has 0 aliphatic heterocycles. The van der Waals surface area contributed by atoms with Gasteiger partial charge in [0.1, 0.15) is 5.82 Å². The summed E-state index contributed by atoms with van der Waals surface area (Å²) in [5.74, 6) is 0.724. The summed E-state index contributed by atoms with van der Waals surface area (Å²) in [7, 11) is -1.67. The van der Waals surface area contributed by atoms with Crippen LogP contribution in [0.3, 0.4) is 0 Å². The van der Waals surface area contributed by atoms with Crippen LogP contribution >= 0.6 is 0 Å². The van der Waals surface area contributed by atoms with Gasteiger partial charge in [-0.15, -0.1) is 0 Å². The standard InChI is InChI=1S/C28H40FNOSi/c1-5-7-19-32(3,4)25-17-18-26(27(29)20-25)28(31)30-24-15-13-23(14-16-24)22-11-9-21(8-6-2)10-12-22/h13-18,20-22H,5-12,19H2,1-4H3,(H,30,31). The van der Waals surface area contributed by atoms with Gasteiger partial charge in [0.2, 0.25) is 0 Å². The van der Waals surface area contributed by atoms with Gasteiger partial charge in [0, 0.05) is 5.69 Å². The van der Waals surface area contributed by atoms with Gasteiger partial charge in [-0.25, -0.2) is 4.39 Å². The first-order valence-corrected chi connectivity index (χ1v) is 15.8. The van der Waals surface area contributed by atoms with Crippen molar-refractivity contribution in [3.63, 3.8) is 0 Å². The van der Waals surface area contributed by atoms with Crippen LogP contribution in [0.2, 0.25) is 19.1 Å². The van der Waals surface area contributed by atoms with Crippen molar-refractivity contribution in [2.75, 3.05) is 5.32 Å². The fourth-order valence-electron chi connectivity index (χ4n) is 5.11. The predicted molar refractivity (Wildman–Crippen MR) is 137 cm³/mol. The Balaban J connectivity index is 1.61. The third-order valence-electron chi connectivity index (χ3n) is 7.33. The first-order valence-electron chi connectivity index (χ1n) is 12.6. The van der Waals surface area contributed by atoms with Crippen molar-refractivity contribution in [1.29, 1.82) is 0 Å². The predicted octanol–water partition coefficient (Wildman–Crippen LogP) is 7.87. The molecule has 1 fully saturated rings. The van der Waals surface area contributed by atoms with Crippen LogP contribution in [0.1, 0.15) is 87.1 Å². The third kappa shape index (κ3) is 6.31. The minimum absolute atomic E-state index is 0.118. The number of amides is 1. The summed E-state index contributed by atoms with van der Waals surface area (Å²) in [5, 5.41) is 3.96. The van der Waals surface area contributed by atoms with Crippen LogP contribution in [-0.2, 0) is 0 Å². The van der Waals surface area contributed by atoms with Gasteiger partial charge in [-0.3, -0.25) is 4.79 Å². The molecule has 2 aromatic rings. The molecule has 1 amide bonds. The molecule has 2 nitrogen and oxygen atoms in total. The highest BCUT2D eigenvalue weighted by Gasteiger charge is 2.25. The summed E-state index contributed by atoms with van der Waals surface area (Å²) in [6.45, 7) is 9.00. The van der Waals surface area contributed by atoms with E-state index in [1.807, 2.05) is 18.2 Å². The molecule has 32 heavy (non-hydrogen) atoms. The Labute approximate surface area is 195 Å². The average molecular weight is 454 g/mol. The van der Waals surface area contributed by atoms with Gasteiger partial charge in [0.05, 0.1) is 13.6 Å². The second-order valence-corrected chi connectivity index (χ2v) is 15.1. The highest BCUT2D eigenvalue weighted by molar-refractivity contribution is 6.89.